The van der Waals surface area contributed by atoms with Gasteiger partial charge in [-0.15, -0.1) is 0 Å². The van der Waals surface area contributed by atoms with Gasteiger partial charge < -0.3 is 9.47 Å². The van der Waals surface area contributed by atoms with Gasteiger partial charge in [0, 0.05) is 5.02 Å². The molecule has 6 rings (SSSR count). The average Bonchev–Trinajstić information content (AvgIpc) is 3.10. The fourth-order valence-electron chi connectivity index (χ4n) is 4.92. The lowest BCUT2D eigenvalue weighted by Crippen LogP contribution is -2.38. The van der Waals surface area contributed by atoms with E-state index in [9.17, 15) is 9.59 Å². The predicted octanol–water partition coefficient (Wildman–Crippen LogP) is 4.46. The van der Waals surface area contributed by atoms with Crippen LogP contribution in [0.1, 0.15) is 24.0 Å². The number of amides is 2. The van der Waals surface area contributed by atoms with Gasteiger partial charge in [0.05, 0.1) is 25.2 Å². The molecule has 4 atom stereocenters. The Morgan fingerprint density at radius 1 is 1.00 bits per heavy atom. The van der Waals surface area contributed by atoms with Gasteiger partial charge in [0.1, 0.15) is 6.61 Å². The summed E-state index contributed by atoms with van der Waals surface area (Å²) >= 11 is 5.92. The standard InChI is InChI=1S/C25H23ClN2O4/c1-31-21-12-16(4-11-20(21)32-14-15-2-9-19(26)10-3-15)13-27-28-24(29)22-17-5-6-18(8-7-17)23(22)25(28)30/h2-6,9-13,17-18,22-23H,7-8,14H2,1H3/b27-13-/t17-,18+,22-,23+. The third-order valence-corrected chi connectivity index (χ3v) is 6.81. The molecule has 0 radical (unpaired) electrons. The van der Waals surface area contributed by atoms with Crippen molar-refractivity contribution < 1.29 is 19.1 Å². The third-order valence-electron chi connectivity index (χ3n) is 6.55. The van der Waals surface area contributed by atoms with Gasteiger partial charge in [-0.05, 0) is 66.1 Å². The van der Waals surface area contributed by atoms with E-state index in [-0.39, 0.29) is 35.5 Å². The number of hydrazone groups is 1. The largest absolute Gasteiger partial charge is 0.493 e. The summed E-state index contributed by atoms with van der Waals surface area (Å²) in [5, 5.41) is 5.99. The van der Waals surface area contributed by atoms with Crippen LogP contribution in [-0.4, -0.2) is 30.1 Å². The predicted molar refractivity (Wildman–Crippen MR) is 121 cm³/mol. The number of benzene rings is 2. The van der Waals surface area contributed by atoms with Crippen molar-refractivity contribution in [3.8, 4) is 11.5 Å². The van der Waals surface area contributed by atoms with Gasteiger partial charge in [-0.1, -0.05) is 35.9 Å². The molecule has 2 aromatic carbocycles. The van der Waals surface area contributed by atoms with Gasteiger partial charge in [-0.25, -0.2) is 0 Å². The van der Waals surface area contributed by atoms with Crippen LogP contribution in [0.5, 0.6) is 11.5 Å². The number of rotatable bonds is 6. The molecule has 2 bridgehead atoms. The first-order chi connectivity index (χ1) is 15.5. The zero-order chi connectivity index (χ0) is 22.2. The Morgan fingerprint density at radius 3 is 2.25 bits per heavy atom. The molecule has 2 fully saturated rings. The highest BCUT2D eigenvalue weighted by Gasteiger charge is 2.56. The molecular weight excluding hydrogens is 428 g/mol. The number of methoxy groups -OCH3 is 1. The van der Waals surface area contributed by atoms with Gasteiger partial charge >= 0.3 is 0 Å². The van der Waals surface area contributed by atoms with Crippen molar-refractivity contribution in [1.82, 2.24) is 5.01 Å². The number of carbonyl (C=O) groups excluding carboxylic acids is 2. The molecule has 1 aliphatic heterocycles. The zero-order valence-electron chi connectivity index (χ0n) is 17.6. The summed E-state index contributed by atoms with van der Waals surface area (Å²) in [5.74, 6) is 0.524. The van der Waals surface area contributed by atoms with E-state index in [1.807, 2.05) is 30.3 Å². The number of hydrogen-bond acceptors (Lipinski definition) is 5. The Balaban J connectivity index is 1.30. The molecule has 32 heavy (non-hydrogen) atoms. The number of hydrogen-bond donors (Lipinski definition) is 0. The number of fused-ring (bicyclic) bond motifs is 1. The maximum Gasteiger partial charge on any atom is 0.254 e. The number of nitrogens with zero attached hydrogens (tertiary/aromatic N) is 2. The summed E-state index contributed by atoms with van der Waals surface area (Å²) in [6.45, 7) is 0.372. The van der Waals surface area contributed by atoms with Crippen molar-refractivity contribution in [2.24, 2.45) is 28.8 Å². The van der Waals surface area contributed by atoms with Crippen LogP contribution in [-0.2, 0) is 16.2 Å². The lowest BCUT2D eigenvalue weighted by molar-refractivity contribution is -0.140. The summed E-state index contributed by atoms with van der Waals surface area (Å²) in [6, 6.07) is 12.8. The fourth-order valence-corrected chi connectivity index (χ4v) is 5.05. The molecule has 1 heterocycles. The van der Waals surface area contributed by atoms with Crippen LogP contribution >= 0.6 is 11.6 Å². The second-order valence-corrected chi connectivity index (χ2v) is 8.84. The van der Waals surface area contributed by atoms with Crippen LogP contribution in [0.25, 0.3) is 0 Å². The van der Waals surface area contributed by atoms with E-state index in [2.05, 4.69) is 17.3 Å². The van der Waals surface area contributed by atoms with Crippen LogP contribution < -0.4 is 9.47 Å². The molecule has 0 N–H and O–H groups in total. The molecule has 0 spiro atoms. The number of halogens is 1. The monoisotopic (exact) mass is 450 g/mol. The Bertz CT molecular complexity index is 1080. The van der Waals surface area contributed by atoms with Crippen LogP contribution in [0.2, 0.25) is 5.02 Å². The van der Waals surface area contributed by atoms with Crippen molar-refractivity contribution >= 4 is 29.6 Å². The van der Waals surface area contributed by atoms with E-state index >= 15 is 0 Å². The van der Waals surface area contributed by atoms with Crippen molar-refractivity contribution in [2.45, 2.75) is 19.4 Å². The lowest BCUT2D eigenvalue weighted by Gasteiger charge is -2.37. The average molecular weight is 451 g/mol. The molecule has 2 aromatic rings. The van der Waals surface area contributed by atoms with Gasteiger partial charge in [0.2, 0.25) is 0 Å². The van der Waals surface area contributed by atoms with Gasteiger partial charge in [0.15, 0.2) is 11.5 Å². The highest BCUT2D eigenvalue weighted by molar-refractivity contribution is 6.30. The number of allylic oxidation sites excluding steroid dienone is 2. The Kier molecular flexibility index (Phi) is 5.47. The van der Waals surface area contributed by atoms with E-state index in [1.165, 1.54) is 6.21 Å². The summed E-state index contributed by atoms with van der Waals surface area (Å²) in [7, 11) is 1.56. The summed E-state index contributed by atoms with van der Waals surface area (Å²) in [6.07, 6.45) is 7.65. The first-order valence-corrected chi connectivity index (χ1v) is 11.1. The maximum absolute atomic E-state index is 12.9. The summed E-state index contributed by atoms with van der Waals surface area (Å²) < 4.78 is 11.3. The molecule has 0 aromatic heterocycles. The van der Waals surface area contributed by atoms with E-state index in [1.54, 1.807) is 19.2 Å². The molecule has 7 heteroatoms. The molecule has 2 amide bonds. The summed E-state index contributed by atoms with van der Waals surface area (Å²) in [4.78, 5) is 25.8. The first kappa shape index (κ1) is 20.8. The number of imide groups is 1. The van der Waals surface area contributed by atoms with Crippen LogP contribution in [0, 0.1) is 23.7 Å². The maximum atomic E-state index is 12.9. The Hall–Kier alpha value is -3.12. The molecular formula is C25H23ClN2O4. The smallest absolute Gasteiger partial charge is 0.254 e. The Labute approximate surface area is 191 Å². The van der Waals surface area contributed by atoms with Crippen LogP contribution in [0.3, 0.4) is 0 Å². The van der Waals surface area contributed by atoms with Gasteiger partial charge in [-0.3, -0.25) is 9.59 Å². The van der Waals surface area contributed by atoms with Crippen molar-refractivity contribution in [2.75, 3.05) is 7.11 Å². The van der Waals surface area contributed by atoms with E-state index in [4.69, 9.17) is 21.1 Å². The molecule has 1 saturated heterocycles. The van der Waals surface area contributed by atoms with Crippen LogP contribution in [0.15, 0.2) is 59.7 Å². The first-order valence-electron chi connectivity index (χ1n) is 10.7. The normalized spacial score (nSPS) is 26.1. The Morgan fingerprint density at radius 2 is 1.66 bits per heavy atom. The molecule has 164 valence electrons. The lowest BCUT2D eigenvalue weighted by atomic mass is 9.63. The second kappa shape index (κ2) is 8.43. The van der Waals surface area contributed by atoms with E-state index < -0.39 is 0 Å². The second-order valence-electron chi connectivity index (χ2n) is 8.40. The van der Waals surface area contributed by atoms with Crippen molar-refractivity contribution in [3.63, 3.8) is 0 Å². The number of carbonyl (C=O) groups is 2. The molecule has 0 unspecified atom stereocenters. The van der Waals surface area contributed by atoms with Crippen molar-refractivity contribution in [3.05, 3.63) is 70.8 Å². The van der Waals surface area contributed by atoms with Gasteiger partial charge in [0.25, 0.3) is 11.8 Å². The summed E-state index contributed by atoms with van der Waals surface area (Å²) in [5.41, 5.74) is 1.69. The molecule has 4 aliphatic rings. The van der Waals surface area contributed by atoms with E-state index in [0.29, 0.717) is 28.7 Å². The minimum absolute atomic E-state index is 0.152. The highest BCUT2D eigenvalue weighted by Crippen LogP contribution is 2.49. The zero-order valence-corrected chi connectivity index (χ0v) is 18.4. The molecule has 1 saturated carbocycles. The quantitative estimate of drug-likeness (QED) is 0.370. The third kappa shape index (κ3) is 3.69. The minimum Gasteiger partial charge on any atom is -0.493 e. The van der Waals surface area contributed by atoms with Crippen molar-refractivity contribution in [1.29, 1.82) is 0 Å². The highest BCUT2D eigenvalue weighted by atomic mass is 35.5. The molecule has 3 aliphatic carbocycles. The topological polar surface area (TPSA) is 68.2 Å². The van der Waals surface area contributed by atoms with Crippen LogP contribution in [0.4, 0.5) is 0 Å². The SMILES string of the molecule is COc1cc(/C=N\N2C(=O)[C@@H]3[C@H](C2=O)[C@@H]2C=C[C@H]3CC2)ccc1OCc1ccc(Cl)cc1. The molecule has 6 nitrogen and oxygen atoms in total. The van der Waals surface area contributed by atoms with E-state index in [0.717, 1.165) is 23.4 Å². The van der Waals surface area contributed by atoms with Gasteiger partial charge in [-0.2, -0.15) is 10.1 Å². The number of ether oxygens (including phenoxy) is 2. The minimum atomic E-state index is -0.262. The fraction of sp³-hybridized carbons (Fsp3) is 0.320.